The Bertz CT molecular complexity index is 482. The third-order valence-electron chi connectivity index (χ3n) is 2.34. The molecule has 0 fully saturated rings. The van der Waals surface area contributed by atoms with Crippen LogP contribution in [0.1, 0.15) is 13.3 Å². The van der Waals surface area contributed by atoms with Crippen molar-refractivity contribution in [2.45, 2.75) is 13.3 Å². The highest BCUT2D eigenvalue weighted by Gasteiger charge is 2.01. The highest BCUT2D eigenvalue weighted by Crippen LogP contribution is 2.18. The molecule has 17 heavy (non-hydrogen) atoms. The van der Waals surface area contributed by atoms with Crippen LogP contribution in [-0.4, -0.2) is 16.5 Å². The van der Waals surface area contributed by atoms with E-state index in [-0.39, 0.29) is 5.82 Å². The molecule has 1 heterocycles. The number of nitrogens with one attached hydrogen (secondary N) is 1. The molecule has 0 atom stereocenters. The van der Waals surface area contributed by atoms with Gasteiger partial charge in [0.1, 0.15) is 5.82 Å². The zero-order valence-electron chi connectivity index (χ0n) is 9.65. The Morgan fingerprint density at radius 1 is 1.18 bits per heavy atom. The zero-order chi connectivity index (χ0) is 12.1. The highest BCUT2D eigenvalue weighted by molar-refractivity contribution is 5.61. The number of halogens is 1. The lowest BCUT2D eigenvalue weighted by atomic mass is 10.1. The van der Waals surface area contributed by atoms with Gasteiger partial charge >= 0.3 is 0 Å². The lowest BCUT2D eigenvalue weighted by molar-refractivity contribution is 0.628. The molecule has 2 rings (SSSR count). The molecule has 0 radical (unpaired) electrons. The largest absolute Gasteiger partial charge is 0.354 e. The van der Waals surface area contributed by atoms with E-state index in [9.17, 15) is 4.39 Å². The summed E-state index contributed by atoms with van der Waals surface area (Å²) in [6.45, 7) is 2.92. The molecule has 0 spiro atoms. The van der Waals surface area contributed by atoms with Gasteiger partial charge in [0, 0.05) is 24.5 Å². The van der Waals surface area contributed by atoms with Gasteiger partial charge in [-0.15, -0.1) is 0 Å². The first-order valence-corrected chi connectivity index (χ1v) is 5.61. The fourth-order valence-electron chi connectivity index (χ4n) is 1.47. The van der Waals surface area contributed by atoms with Gasteiger partial charge in [-0.2, -0.15) is 0 Å². The van der Waals surface area contributed by atoms with Crippen LogP contribution in [-0.2, 0) is 0 Å². The Kier molecular flexibility index (Phi) is 3.65. The summed E-state index contributed by atoms with van der Waals surface area (Å²) in [5.74, 6) is 0.350. The van der Waals surface area contributed by atoms with Gasteiger partial charge < -0.3 is 5.32 Å². The molecular weight excluding hydrogens is 217 g/mol. The number of anilines is 1. The van der Waals surface area contributed by atoms with Crippen molar-refractivity contribution in [3.8, 4) is 11.1 Å². The van der Waals surface area contributed by atoms with Crippen LogP contribution in [0, 0.1) is 5.82 Å². The second-order valence-corrected chi connectivity index (χ2v) is 3.73. The Labute approximate surface area is 99.7 Å². The van der Waals surface area contributed by atoms with E-state index in [0.29, 0.717) is 5.95 Å². The zero-order valence-corrected chi connectivity index (χ0v) is 9.65. The van der Waals surface area contributed by atoms with E-state index in [4.69, 9.17) is 0 Å². The molecule has 0 unspecified atom stereocenters. The second-order valence-electron chi connectivity index (χ2n) is 3.73. The van der Waals surface area contributed by atoms with Gasteiger partial charge in [-0.25, -0.2) is 14.4 Å². The van der Waals surface area contributed by atoms with Crippen LogP contribution in [0.4, 0.5) is 10.3 Å². The summed E-state index contributed by atoms with van der Waals surface area (Å²) in [7, 11) is 0. The third kappa shape index (κ3) is 3.00. The Morgan fingerprint density at radius 3 is 2.59 bits per heavy atom. The fourth-order valence-corrected chi connectivity index (χ4v) is 1.47. The van der Waals surface area contributed by atoms with E-state index >= 15 is 0 Å². The molecule has 1 aromatic heterocycles. The molecule has 2 aromatic rings. The van der Waals surface area contributed by atoms with Gasteiger partial charge in [0.25, 0.3) is 0 Å². The number of hydrogen-bond acceptors (Lipinski definition) is 3. The summed E-state index contributed by atoms with van der Waals surface area (Å²) in [5.41, 5.74) is 1.60. The first-order valence-electron chi connectivity index (χ1n) is 5.61. The topological polar surface area (TPSA) is 37.8 Å². The normalized spacial score (nSPS) is 10.2. The summed E-state index contributed by atoms with van der Waals surface area (Å²) in [5, 5.41) is 3.09. The average Bonchev–Trinajstić information content (AvgIpc) is 2.37. The van der Waals surface area contributed by atoms with Gasteiger partial charge in [-0.1, -0.05) is 19.1 Å². The molecule has 0 aliphatic rings. The quantitative estimate of drug-likeness (QED) is 0.878. The first kappa shape index (κ1) is 11.5. The molecular formula is C13H14FN3. The Hall–Kier alpha value is -1.97. The van der Waals surface area contributed by atoms with Crippen LogP contribution >= 0.6 is 0 Å². The summed E-state index contributed by atoms with van der Waals surface area (Å²) in [6.07, 6.45) is 4.41. The molecule has 0 bridgehead atoms. The van der Waals surface area contributed by atoms with Crippen molar-refractivity contribution in [1.82, 2.24) is 9.97 Å². The van der Waals surface area contributed by atoms with Crippen molar-refractivity contribution in [3.05, 3.63) is 42.5 Å². The smallest absolute Gasteiger partial charge is 0.222 e. The van der Waals surface area contributed by atoms with E-state index in [1.54, 1.807) is 18.5 Å². The van der Waals surface area contributed by atoms with Crippen LogP contribution in [0.25, 0.3) is 11.1 Å². The molecule has 0 amide bonds. The third-order valence-corrected chi connectivity index (χ3v) is 2.34. The van der Waals surface area contributed by atoms with E-state index in [1.807, 2.05) is 6.07 Å². The minimum Gasteiger partial charge on any atom is -0.354 e. The maximum Gasteiger partial charge on any atom is 0.222 e. The minimum atomic E-state index is -0.254. The van der Waals surface area contributed by atoms with Crippen molar-refractivity contribution in [3.63, 3.8) is 0 Å². The number of aromatic nitrogens is 2. The monoisotopic (exact) mass is 231 g/mol. The van der Waals surface area contributed by atoms with Gasteiger partial charge in [0.05, 0.1) is 0 Å². The van der Waals surface area contributed by atoms with Crippen LogP contribution in [0.15, 0.2) is 36.7 Å². The van der Waals surface area contributed by atoms with Gasteiger partial charge in [-0.05, 0) is 24.1 Å². The molecule has 0 saturated carbocycles. The molecule has 0 aliphatic heterocycles. The summed E-state index contributed by atoms with van der Waals surface area (Å²) in [4.78, 5) is 8.36. The first-order chi connectivity index (χ1) is 8.29. The average molecular weight is 231 g/mol. The predicted octanol–water partition coefficient (Wildman–Crippen LogP) is 3.10. The maximum absolute atomic E-state index is 13.0. The Morgan fingerprint density at radius 2 is 1.94 bits per heavy atom. The lowest BCUT2D eigenvalue weighted by Gasteiger charge is -2.04. The van der Waals surface area contributed by atoms with Gasteiger partial charge in [0.15, 0.2) is 0 Å². The lowest BCUT2D eigenvalue weighted by Crippen LogP contribution is -2.03. The summed E-state index contributed by atoms with van der Waals surface area (Å²) in [6, 6.07) is 6.40. The van der Waals surface area contributed by atoms with Crippen LogP contribution in [0.5, 0.6) is 0 Å². The molecule has 1 aromatic carbocycles. The molecule has 88 valence electrons. The van der Waals surface area contributed by atoms with Crippen molar-refractivity contribution in [2.75, 3.05) is 11.9 Å². The minimum absolute atomic E-state index is 0.254. The molecule has 3 nitrogen and oxygen atoms in total. The summed E-state index contributed by atoms with van der Waals surface area (Å²) >= 11 is 0. The fraction of sp³-hybridized carbons (Fsp3) is 0.231. The standard InChI is InChI=1S/C13H14FN3/c1-2-6-15-13-16-8-11(9-17-13)10-4-3-5-12(14)7-10/h3-5,7-9H,2,6H2,1H3,(H,15,16,17). The Balaban J connectivity index is 2.17. The van der Waals surface area contributed by atoms with Crippen molar-refractivity contribution >= 4 is 5.95 Å². The van der Waals surface area contributed by atoms with Crippen LogP contribution < -0.4 is 5.32 Å². The SMILES string of the molecule is CCCNc1ncc(-c2cccc(F)c2)cn1. The van der Waals surface area contributed by atoms with Crippen molar-refractivity contribution < 1.29 is 4.39 Å². The highest BCUT2D eigenvalue weighted by atomic mass is 19.1. The van der Waals surface area contributed by atoms with Crippen LogP contribution in [0.3, 0.4) is 0 Å². The van der Waals surface area contributed by atoms with E-state index in [1.165, 1.54) is 12.1 Å². The van der Waals surface area contributed by atoms with Crippen molar-refractivity contribution in [2.24, 2.45) is 0 Å². The number of nitrogens with zero attached hydrogens (tertiary/aromatic N) is 2. The summed E-state index contributed by atoms with van der Waals surface area (Å²) < 4.78 is 13.0. The molecule has 0 saturated heterocycles. The van der Waals surface area contributed by atoms with Crippen molar-refractivity contribution in [1.29, 1.82) is 0 Å². The number of hydrogen-bond donors (Lipinski definition) is 1. The van der Waals surface area contributed by atoms with E-state index in [2.05, 4.69) is 22.2 Å². The maximum atomic E-state index is 13.0. The molecule has 0 aliphatic carbocycles. The molecule has 1 N–H and O–H groups in total. The predicted molar refractivity (Wildman–Crippen MR) is 66.2 cm³/mol. The molecule has 4 heteroatoms. The number of rotatable bonds is 4. The van der Waals surface area contributed by atoms with E-state index < -0.39 is 0 Å². The van der Waals surface area contributed by atoms with Gasteiger partial charge in [0.2, 0.25) is 5.95 Å². The number of benzene rings is 1. The van der Waals surface area contributed by atoms with Crippen LogP contribution in [0.2, 0.25) is 0 Å². The van der Waals surface area contributed by atoms with Gasteiger partial charge in [-0.3, -0.25) is 0 Å². The second kappa shape index (κ2) is 5.39. The van der Waals surface area contributed by atoms with E-state index in [0.717, 1.165) is 24.1 Å².